The van der Waals surface area contributed by atoms with Gasteiger partial charge in [-0.2, -0.15) is 0 Å². The van der Waals surface area contributed by atoms with Crippen molar-refractivity contribution in [3.8, 4) is 5.75 Å². The molecule has 4 heteroatoms. The summed E-state index contributed by atoms with van der Waals surface area (Å²) < 4.78 is 5.13. The molecule has 1 aromatic carbocycles. The Morgan fingerprint density at radius 3 is 2.88 bits per heavy atom. The van der Waals surface area contributed by atoms with Crippen LogP contribution in [0.25, 0.3) is 0 Å². The van der Waals surface area contributed by atoms with Gasteiger partial charge in [-0.1, -0.05) is 13.0 Å². The molecule has 0 radical (unpaired) electrons. The lowest BCUT2D eigenvalue weighted by molar-refractivity contribution is 0.266. The number of aliphatic hydroxyl groups is 1. The standard InChI is InChI=1S/C12H20N2O2/c1-9(6-7-15)8-14-10-4-3-5-11(16-2)12(10)13/h3-5,9,14-15H,6-8,13H2,1-2H3. The minimum atomic E-state index is 0.219. The molecule has 1 rings (SSSR count). The van der Waals surface area contributed by atoms with E-state index in [1.165, 1.54) is 0 Å². The highest BCUT2D eigenvalue weighted by Crippen LogP contribution is 2.28. The van der Waals surface area contributed by atoms with Gasteiger partial charge in [-0.3, -0.25) is 0 Å². The van der Waals surface area contributed by atoms with E-state index in [1.54, 1.807) is 7.11 Å². The fourth-order valence-corrected chi connectivity index (χ4v) is 1.48. The van der Waals surface area contributed by atoms with Crippen molar-refractivity contribution < 1.29 is 9.84 Å². The Labute approximate surface area is 96.4 Å². The van der Waals surface area contributed by atoms with Crippen LogP contribution >= 0.6 is 0 Å². The van der Waals surface area contributed by atoms with Crippen LogP contribution in [-0.2, 0) is 0 Å². The SMILES string of the molecule is COc1cccc(NCC(C)CCO)c1N. The Balaban J connectivity index is 2.60. The molecule has 0 spiro atoms. The van der Waals surface area contributed by atoms with Gasteiger partial charge in [-0.25, -0.2) is 0 Å². The minimum Gasteiger partial charge on any atom is -0.495 e. The van der Waals surface area contributed by atoms with Crippen LogP contribution in [0.5, 0.6) is 5.75 Å². The van der Waals surface area contributed by atoms with Crippen molar-refractivity contribution in [2.75, 3.05) is 31.3 Å². The number of hydrogen-bond donors (Lipinski definition) is 3. The fraction of sp³-hybridized carbons (Fsp3) is 0.500. The molecule has 0 heterocycles. The highest BCUT2D eigenvalue weighted by Gasteiger charge is 2.06. The third kappa shape index (κ3) is 3.31. The number of nitrogen functional groups attached to an aromatic ring is 1. The Bertz CT molecular complexity index is 329. The first kappa shape index (κ1) is 12.6. The Morgan fingerprint density at radius 1 is 1.50 bits per heavy atom. The summed E-state index contributed by atoms with van der Waals surface area (Å²) >= 11 is 0. The van der Waals surface area contributed by atoms with Gasteiger partial charge >= 0.3 is 0 Å². The van der Waals surface area contributed by atoms with E-state index in [4.69, 9.17) is 15.6 Å². The Kier molecular flexibility index (Phi) is 4.92. The maximum atomic E-state index is 8.80. The summed E-state index contributed by atoms with van der Waals surface area (Å²) in [7, 11) is 1.60. The second kappa shape index (κ2) is 6.23. The average Bonchev–Trinajstić information content (AvgIpc) is 2.28. The largest absolute Gasteiger partial charge is 0.495 e. The average molecular weight is 224 g/mol. The van der Waals surface area contributed by atoms with Crippen molar-refractivity contribution in [1.29, 1.82) is 0 Å². The second-order valence-electron chi connectivity index (χ2n) is 3.92. The number of ether oxygens (including phenoxy) is 1. The maximum Gasteiger partial charge on any atom is 0.143 e. The summed E-state index contributed by atoms with van der Waals surface area (Å²) in [4.78, 5) is 0. The van der Waals surface area contributed by atoms with Crippen molar-refractivity contribution in [2.24, 2.45) is 5.92 Å². The normalized spacial score (nSPS) is 12.2. The van der Waals surface area contributed by atoms with Gasteiger partial charge in [-0.15, -0.1) is 0 Å². The quantitative estimate of drug-likeness (QED) is 0.643. The zero-order valence-electron chi connectivity index (χ0n) is 9.86. The number of methoxy groups -OCH3 is 1. The molecule has 4 nitrogen and oxygen atoms in total. The zero-order chi connectivity index (χ0) is 12.0. The van der Waals surface area contributed by atoms with Crippen LogP contribution in [0.2, 0.25) is 0 Å². The molecule has 4 N–H and O–H groups in total. The van der Waals surface area contributed by atoms with Crippen LogP contribution in [0.3, 0.4) is 0 Å². The summed E-state index contributed by atoms with van der Waals surface area (Å²) in [6.45, 7) is 3.09. The van der Waals surface area contributed by atoms with E-state index in [0.717, 1.165) is 18.7 Å². The maximum absolute atomic E-state index is 8.80. The van der Waals surface area contributed by atoms with Gasteiger partial charge in [0, 0.05) is 13.2 Å². The Hall–Kier alpha value is -1.42. The first-order chi connectivity index (χ1) is 7.69. The molecule has 1 aromatic rings. The third-order valence-electron chi connectivity index (χ3n) is 2.55. The highest BCUT2D eigenvalue weighted by atomic mass is 16.5. The smallest absolute Gasteiger partial charge is 0.143 e. The molecule has 0 fully saturated rings. The number of benzene rings is 1. The molecule has 16 heavy (non-hydrogen) atoms. The molecular weight excluding hydrogens is 204 g/mol. The Morgan fingerprint density at radius 2 is 2.25 bits per heavy atom. The van der Waals surface area contributed by atoms with Gasteiger partial charge in [0.15, 0.2) is 0 Å². The molecule has 0 bridgehead atoms. The number of para-hydroxylation sites is 1. The molecule has 0 saturated carbocycles. The summed E-state index contributed by atoms with van der Waals surface area (Å²) in [5.74, 6) is 1.09. The van der Waals surface area contributed by atoms with Crippen LogP contribution in [0.1, 0.15) is 13.3 Å². The molecule has 90 valence electrons. The van der Waals surface area contributed by atoms with E-state index >= 15 is 0 Å². The number of hydrogen-bond acceptors (Lipinski definition) is 4. The third-order valence-corrected chi connectivity index (χ3v) is 2.55. The van der Waals surface area contributed by atoms with E-state index in [1.807, 2.05) is 18.2 Å². The van der Waals surface area contributed by atoms with Crippen LogP contribution in [0, 0.1) is 5.92 Å². The van der Waals surface area contributed by atoms with Gasteiger partial charge in [0.05, 0.1) is 18.5 Å². The number of anilines is 2. The predicted octanol–water partition coefficient (Wildman–Crippen LogP) is 1.71. The van der Waals surface area contributed by atoms with Gasteiger partial charge < -0.3 is 20.9 Å². The molecule has 0 aliphatic carbocycles. The number of nitrogens with two attached hydrogens (primary N) is 1. The van der Waals surface area contributed by atoms with Gasteiger partial charge in [-0.05, 0) is 24.5 Å². The number of nitrogens with one attached hydrogen (secondary N) is 1. The van der Waals surface area contributed by atoms with Crippen molar-refractivity contribution >= 4 is 11.4 Å². The lowest BCUT2D eigenvalue weighted by atomic mass is 10.1. The van der Waals surface area contributed by atoms with E-state index < -0.39 is 0 Å². The van der Waals surface area contributed by atoms with Crippen LogP contribution in [0.4, 0.5) is 11.4 Å². The van der Waals surface area contributed by atoms with Crippen LogP contribution in [0.15, 0.2) is 18.2 Å². The lowest BCUT2D eigenvalue weighted by Gasteiger charge is -2.15. The monoisotopic (exact) mass is 224 g/mol. The van der Waals surface area contributed by atoms with E-state index in [9.17, 15) is 0 Å². The topological polar surface area (TPSA) is 67.5 Å². The molecule has 1 atom stereocenters. The summed E-state index contributed by atoms with van der Waals surface area (Å²) in [6.07, 6.45) is 0.789. The first-order valence-corrected chi connectivity index (χ1v) is 5.46. The fourth-order valence-electron chi connectivity index (χ4n) is 1.48. The molecule has 0 aliphatic heterocycles. The number of rotatable bonds is 6. The van der Waals surface area contributed by atoms with Gasteiger partial charge in [0.25, 0.3) is 0 Å². The van der Waals surface area contributed by atoms with E-state index in [0.29, 0.717) is 17.4 Å². The zero-order valence-corrected chi connectivity index (χ0v) is 9.86. The number of aliphatic hydroxyl groups excluding tert-OH is 1. The van der Waals surface area contributed by atoms with Gasteiger partial charge in [0.1, 0.15) is 5.75 Å². The first-order valence-electron chi connectivity index (χ1n) is 5.46. The molecule has 0 aromatic heterocycles. The van der Waals surface area contributed by atoms with Crippen molar-refractivity contribution in [2.45, 2.75) is 13.3 Å². The molecule has 0 aliphatic rings. The summed E-state index contributed by atoms with van der Waals surface area (Å²) in [6, 6.07) is 5.65. The molecule has 0 amide bonds. The summed E-state index contributed by atoms with van der Waals surface area (Å²) in [5, 5.41) is 12.1. The van der Waals surface area contributed by atoms with Gasteiger partial charge in [0.2, 0.25) is 0 Å². The molecule has 1 unspecified atom stereocenters. The van der Waals surface area contributed by atoms with Crippen molar-refractivity contribution in [1.82, 2.24) is 0 Å². The van der Waals surface area contributed by atoms with Crippen LogP contribution in [-0.4, -0.2) is 25.4 Å². The minimum absolute atomic E-state index is 0.219. The van der Waals surface area contributed by atoms with E-state index in [2.05, 4.69) is 12.2 Å². The molecule has 0 saturated heterocycles. The summed E-state index contributed by atoms with van der Waals surface area (Å²) in [5.41, 5.74) is 7.42. The van der Waals surface area contributed by atoms with Crippen LogP contribution < -0.4 is 15.8 Å². The van der Waals surface area contributed by atoms with E-state index in [-0.39, 0.29) is 6.61 Å². The molecular formula is C12H20N2O2. The lowest BCUT2D eigenvalue weighted by Crippen LogP contribution is -2.13. The second-order valence-corrected chi connectivity index (χ2v) is 3.92. The predicted molar refractivity (Wildman–Crippen MR) is 66.8 cm³/mol. The van der Waals surface area contributed by atoms with Crippen molar-refractivity contribution in [3.63, 3.8) is 0 Å². The van der Waals surface area contributed by atoms with Crippen molar-refractivity contribution in [3.05, 3.63) is 18.2 Å². The highest BCUT2D eigenvalue weighted by molar-refractivity contribution is 5.72.